The van der Waals surface area contributed by atoms with Crippen LogP contribution in [0, 0.1) is 6.92 Å². The molecule has 9 nitrogen and oxygen atoms in total. The van der Waals surface area contributed by atoms with Gasteiger partial charge >= 0.3 is 11.8 Å². The average Bonchev–Trinajstić information content (AvgIpc) is 2.93. The highest BCUT2D eigenvalue weighted by Crippen LogP contribution is 2.27. The number of carbonyl (C=O) groups excluding carboxylic acids is 3. The first-order chi connectivity index (χ1) is 18.7. The van der Waals surface area contributed by atoms with Gasteiger partial charge in [-0.25, -0.2) is 5.43 Å². The molecule has 39 heavy (non-hydrogen) atoms. The van der Waals surface area contributed by atoms with Gasteiger partial charge in [-0.3, -0.25) is 14.4 Å². The number of nitrogens with zero attached hydrogens (tertiary/aromatic N) is 1. The molecule has 0 spiro atoms. The molecule has 0 saturated heterocycles. The molecule has 0 radical (unpaired) electrons. The SMILES string of the molecule is COc1cc(/C=N\NC(=O)C(=O)NCc2ccc(C(C)C)cc2)ccc1OCC(=O)Nc1ccc(Br)c(C)c1. The quantitative estimate of drug-likeness (QED) is 0.179. The van der Waals surface area contributed by atoms with Gasteiger partial charge in [-0.1, -0.05) is 54.0 Å². The number of ether oxygens (including phenoxy) is 2. The zero-order valence-electron chi connectivity index (χ0n) is 22.2. The summed E-state index contributed by atoms with van der Waals surface area (Å²) in [6.07, 6.45) is 1.37. The highest BCUT2D eigenvalue weighted by atomic mass is 79.9. The van der Waals surface area contributed by atoms with Crippen molar-refractivity contribution in [3.63, 3.8) is 0 Å². The Balaban J connectivity index is 1.48. The lowest BCUT2D eigenvalue weighted by Crippen LogP contribution is -2.37. The van der Waals surface area contributed by atoms with Crippen molar-refractivity contribution in [3.8, 4) is 11.5 Å². The van der Waals surface area contributed by atoms with Crippen molar-refractivity contribution in [2.24, 2.45) is 5.10 Å². The fourth-order valence-electron chi connectivity index (χ4n) is 3.45. The Hall–Kier alpha value is -4.18. The predicted octanol–water partition coefficient (Wildman–Crippen LogP) is 4.67. The van der Waals surface area contributed by atoms with Crippen LogP contribution < -0.4 is 25.5 Å². The minimum atomic E-state index is -0.885. The molecular formula is C29H31BrN4O5. The van der Waals surface area contributed by atoms with Gasteiger partial charge in [-0.15, -0.1) is 0 Å². The molecule has 0 heterocycles. The highest BCUT2D eigenvalue weighted by molar-refractivity contribution is 9.10. The van der Waals surface area contributed by atoms with E-state index in [1.165, 1.54) is 18.9 Å². The first-order valence-electron chi connectivity index (χ1n) is 12.2. The Morgan fingerprint density at radius 3 is 2.38 bits per heavy atom. The van der Waals surface area contributed by atoms with E-state index in [0.717, 1.165) is 15.6 Å². The monoisotopic (exact) mass is 594 g/mol. The Morgan fingerprint density at radius 1 is 0.974 bits per heavy atom. The average molecular weight is 595 g/mol. The highest BCUT2D eigenvalue weighted by Gasteiger charge is 2.13. The molecule has 0 bridgehead atoms. The van der Waals surface area contributed by atoms with Crippen LogP contribution in [-0.2, 0) is 20.9 Å². The summed E-state index contributed by atoms with van der Waals surface area (Å²) < 4.78 is 11.9. The number of methoxy groups -OCH3 is 1. The summed E-state index contributed by atoms with van der Waals surface area (Å²) in [7, 11) is 1.47. The van der Waals surface area contributed by atoms with Crippen LogP contribution in [0.2, 0.25) is 0 Å². The zero-order valence-corrected chi connectivity index (χ0v) is 23.8. The van der Waals surface area contributed by atoms with Crippen LogP contribution in [0.1, 0.15) is 42.0 Å². The van der Waals surface area contributed by atoms with E-state index in [1.807, 2.05) is 43.3 Å². The van der Waals surface area contributed by atoms with E-state index >= 15 is 0 Å². The van der Waals surface area contributed by atoms with E-state index in [0.29, 0.717) is 28.7 Å². The van der Waals surface area contributed by atoms with Crippen molar-refractivity contribution in [3.05, 3.63) is 87.4 Å². The molecule has 0 aliphatic heterocycles. The molecule has 3 aromatic carbocycles. The van der Waals surface area contributed by atoms with Gasteiger partial charge in [0.25, 0.3) is 5.91 Å². The number of rotatable bonds is 10. The standard InChI is InChI=1S/C29H31BrN4O5/c1-18(2)22-8-5-20(6-9-22)15-31-28(36)29(37)34-32-16-21-7-12-25(26(14-21)38-4)39-17-27(35)33-23-10-11-24(30)19(3)13-23/h5-14,16,18H,15,17H2,1-4H3,(H,31,36)(H,33,35)(H,34,37)/b32-16-. The fourth-order valence-corrected chi connectivity index (χ4v) is 3.69. The molecule has 204 valence electrons. The lowest BCUT2D eigenvalue weighted by atomic mass is 10.0. The largest absolute Gasteiger partial charge is 0.493 e. The summed E-state index contributed by atoms with van der Waals surface area (Å²) in [5.74, 6) is -0.847. The van der Waals surface area contributed by atoms with Crippen molar-refractivity contribution in [1.82, 2.24) is 10.7 Å². The molecule has 3 aromatic rings. The maximum Gasteiger partial charge on any atom is 0.329 e. The summed E-state index contributed by atoms with van der Waals surface area (Å²) in [4.78, 5) is 36.4. The zero-order chi connectivity index (χ0) is 28.4. The smallest absolute Gasteiger partial charge is 0.329 e. The number of nitrogens with one attached hydrogen (secondary N) is 3. The molecule has 3 amide bonds. The van der Waals surface area contributed by atoms with Crippen LogP contribution >= 0.6 is 15.9 Å². The van der Waals surface area contributed by atoms with Crippen molar-refractivity contribution in [2.75, 3.05) is 19.0 Å². The van der Waals surface area contributed by atoms with E-state index < -0.39 is 11.8 Å². The molecule has 3 N–H and O–H groups in total. The predicted molar refractivity (Wildman–Crippen MR) is 154 cm³/mol. The van der Waals surface area contributed by atoms with Gasteiger partial charge in [-0.05, 0) is 71.5 Å². The number of benzene rings is 3. The number of aryl methyl sites for hydroxylation is 1. The van der Waals surface area contributed by atoms with Crippen molar-refractivity contribution < 1.29 is 23.9 Å². The third-order valence-corrected chi connectivity index (χ3v) is 6.56. The number of hydrogen-bond donors (Lipinski definition) is 3. The van der Waals surface area contributed by atoms with Gasteiger partial charge < -0.3 is 20.1 Å². The second-order valence-corrected chi connectivity index (χ2v) is 9.84. The van der Waals surface area contributed by atoms with Crippen LogP contribution in [0.15, 0.2) is 70.2 Å². The molecule has 3 rings (SSSR count). The number of hydrazone groups is 1. The molecule has 0 aliphatic rings. The van der Waals surface area contributed by atoms with Gasteiger partial charge in [0.1, 0.15) is 0 Å². The first kappa shape index (κ1) is 29.4. The van der Waals surface area contributed by atoms with Crippen LogP contribution in [0.5, 0.6) is 11.5 Å². The van der Waals surface area contributed by atoms with E-state index in [1.54, 1.807) is 24.3 Å². The molecule has 0 aromatic heterocycles. The summed E-state index contributed by atoms with van der Waals surface area (Å²) in [6.45, 7) is 6.15. The minimum absolute atomic E-state index is 0.216. The van der Waals surface area contributed by atoms with Crippen LogP contribution in [-0.4, -0.2) is 37.7 Å². The number of amides is 3. The van der Waals surface area contributed by atoms with E-state index in [2.05, 4.69) is 50.9 Å². The second kappa shape index (κ2) is 14.1. The van der Waals surface area contributed by atoms with Crippen LogP contribution in [0.25, 0.3) is 0 Å². The third-order valence-electron chi connectivity index (χ3n) is 5.67. The van der Waals surface area contributed by atoms with Crippen molar-refractivity contribution in [2.45, 2.75) is 33.2 Å². The third kappa shape index (κ3) is 8.96. The lowest BCUT2D eigenvalue weighted by molar-refractivity contribution is -0.139. The number of carbonyl (C=O) groups is 3. The Bertz CT molecular complexity index is 1360. The Kier molecular flexibility index (Phi) is 10.6. The summed E-state index contributed by atoms with van der Waals surface area (Å²) in [5.41, 5.74) is 6.54. The molecule has 0 atom stereocenters. The maximum absolute atomic E-state index is 12.3. The minimum Gasteiger partial charge on any atom is -0.493 e. The fraction of sp³-hybridized carbons (Fsp3) is 0.241. The van der Waals surface area contributed by atoms with Gasteiger partial charge in [0, 0.05) is 16.7 Å². The van der Waals surface area contributed by atoms with Crippen LogP contribution in [0.4, 0.5) is 5.69 Å². The lowest BCUT2D eigenvalue weighted by Gasteiger charge is -2.12. The molecule has 0 unspecified atom stereocenters. The second-order valence-electron chi connectivity index (χ2n) is 8.99. The maximum atomic E-state index is 12.3. The Morgan fingerprint density at radius 2 is 1.72 bits per heavy atom. The molecule has 0 fully saturated rings. The summed E-state index contributed by atoms with van der Waals surface area (Å²) in [5, 5.41) is 9.19. The van der Waals surface area contributed by atoms with Crippen molar-refractivity contribution in [1.29, 1.82) is 0 Å². The Labute approximate surface area is 236 Å². The molecular weight excluding hydrogens is 564 g/mol. The summed E-state index contributed by atoms with van der Waals surface area (Å²) in [6, 6.07) is 18.3. The van der Waals surface area contributed by atoms with Gasteiger partial charge in [0.2, 0.25) is 0 Å². The molecule has 0 saturated carbocycles. The number of halogens is 1. The van der Waals surface area contributed by atoms with E-state index in [9.17, 15) is 14.4 Å². The number of anilines is 1. The topological polar surface area (TPSA) is 118 Å². The molecule has 10 heteroatoms. The van der Waals surface area contributed by atoms with E-state index in [-0.39, 0.29) is 19.1 Å². The van der Waals surface area contributed by atoms with Gasteiger partial charge in [0.15, 0.2) is 18.1 Å². The normalized spacial score (nSPS) is 10.8. The van der Waals surface area contributed by atoms with Gasteiger partial charge in [0.05, 0.1) is 13.3 Å². The van der Waals surface area contributed by atoms with E-state index in [4.69, 9.17) is 9.47 Å². The summed E-state index contributed by atoms with van der Waals surface area (Å²) >= 11 is 3.43. The van der Waals surface area contributed by atoms with Crippen molar-refractivity contribution >= 4 is 45.6 Å². The number of hydrogen-bond acceptors (Lipinski definition) is 6. The molecule has 0 aliphatic carbocycles. The van der Waals surface area contributed by atoms with Gasteiger partial charge in [-0.2, -0.15) is 5.10 Å². The van der Waals surface area contributed by atoms with Crippen LogP contribution in [0.3, 0.4) is 0 Å². The first-order valence-corrected chi connectivity index (χ1v) is 13.0.